The number of aryl methyl sites for hydroxylation is 1. The summed E-state index contributed by atoms with van der Waals surface area (Å²) in [6, 6.07) is 8.86. The van der Waals surface area contributed by atoms with Gasteiger partial charge in [-0.2, -0.15) is 0 Å². The molecule has 3 nitrogen and oxygen atoms in total. The average molecular weight is 248 g/mol. The van der Waals surface area contributed by atoms with E-state index in [1.54, 1.807) is 0 Å². The molecule has 1 aromatic rings. The van der Waals surface area contributed by atoms with Gasteiger partial charge in [0.1, 0.15) is 0 Å². The highest BCUT2D eigenvalue weighted by atomic mass is 16.3. The molecule has 1 aliphatic heterocycles. The lowest BCUT2D eigenvalue weighted by molar-refractivity contribution is 0.151. The van der Waals surface area contributed by atoms with E-state index in [9.17, 15) is 5.11 Å². The lowest BCUT2D eigenvalue weighted by Gasteiger charge is -2.29. The molecule has 1 fully saturated rings. The number of anilines is 1. The smallest absolute Gasteiger partial charge is 0.0604 e. The molecule has 2 atom stereocenters. The maximum atomic E-state index is 9.52. The van der Waals surface area contributed by atoms with Gasteiger partial charge in [-0.05, 0) is 37.6 Å². The Morgan fingerprint density at radius 1 is 1.28 bits per heavy atom. The van der Waals surface area contributed by atoms with Gasteiger partial charge in [0.15, 0.2) is 0 Å². The Kier molecular flexibility index (Phi) is 4.25. The number of benzene rings is 1. The molecular weight excluding hydrogens is 224 g/mol. The minimum absolute atomic E-state index is 0.228. The monoisotopic (exact) mass is 248 g/mol. The molecule has 18 heavy (non-hydrogen) atoms. The average Bonchev–Trinajstić information content (AvgIpc) is 2.47. The van der Waals surface area contributed by atoms with Gasteiger partial charge in [-0.15, -0.1) is 0 Å². The lowest BCUT2D eigenvalue weighted by atomic mass is 10.1. The van der Waals surface area contributed by atoms with E-state index >= 15 is 0 Å². The molecule has 3 heteroatoms. The summed E-state index contributed by atoms with van der Waals surface area (Å²) in [5, 5.41) is 9.52. The van der Waals surface area contributed by atoms with Crippen LogP contribution in [0, 0.1) is 12.8 Å². The van der Waals surface area contributed by atoms with E-state index in [4.69, 9.17) is 0 Å². The van der Waals surface area contributed by atoms with E-state index in [0.717, 1.165) is 19.6 Å². The topological polar surface area (TPSA) is 26.7 Å². The Morgan fingerprint density at radius 3 is 2.72 bits per heavy atom. The van der Waals surface area contributed by atoms with Gasteiger partial charge in [0.05, 0.1) is 6.61 Å². The maximum Gasteiger partial charge on any atom is 0.0604 e. The molecule has 1 aliphatic rings. The van der Waals surface area contributed by atoms with Crippen LogP contribution >= 0.6 is 0 Å². The molecule has 0 aromatic heterocycles. The van der Waals surface area contributed by atoms with Gasteiger partial charge in [0.2, 0.25) is 0 Å². The Balaban J connectivity index is 2.21. The third-order valence-electron chi connectivity index (χ3n) is 3.76. The summed E-state index contributed by atoms with van der Waals surface area (Å²) >= 11 is 0. The van der Waals surface area contributed by atoms with E-state index in [1.165, 1.54) is 11.3 Å². The van der Waals surface area contributed by atoms with Gasteiger partial charge >= 0.3 is 0 Å². The quantitative estimate of drug-likeness (QED) is 0.863. The number of aliphatic hydroxyl groups excluding tert-OH is 1. The molecule has 1 aromatic carbocycles. The predicted molar refractivity (Wildman–Crippen MR) is 76.1 cm³/mol. The summed E-state index contributed by atoms with van der Waals surface area (Å²) in [5.74, 6) is 0.618. The fourth-order valence-corrected chi connectivity index (χ4v) is 2.78. The molecule has 1 N–H and O–H groups in total. The molecule has 0 saturated carbocycles. The molecule has 0 radical (unpaired) electrons. The fourth-order valence-electron chi connectivity index (χ4n) is 2.78. The van der Waals surface area contributed by atoms with Crippen molar-refractivity contribution in [3.63, 3.8) is 0 Å². The van der Waals surface area contributed by atoms with Crippen LogP contribution < -0.4 is 4.90 Å². The first-order valence-electron chi connectivity index (χ1n) is 6.73. The summed E-state index contributed by atoms with van der Waals surface area (Å²) < 4.78 is 0. The van der Waals surface area contributed by atoms with Crippen LogP contribution in [0.5, 0.6) is 0 Å². The SMILES string of the molecule is Cc1cccc(N2CC(C)CN(C)C(CO)C2)c1. The van der Waals surface area contributed by atoms with Crippen LogP contribution in [0.2, 0.25) is 0 Å². The highest BCUT2D eigenvalue weighted by Gasteiger charge is 2.25. The zero-order chi connectivity index (χ0) is 13.1. The first-order valence-corrected chi connectivity index (χ1v) is 6.73. The van der Waals surface area contributed by atoms with Crippen LogP contribution in [0.3, 0.4) is 0 Å². The first kappa shape index (κ1) is 13.4. The van der Waals surface area contributed by atoms with Crippen molar-refractivity contribution in [1.82, 2.24) is 4.90 Å². The standard InChI is InChI=1S/C15H24N2O/c1-12-5-4-6-14(7-12)17-9-13(2)8-16(3)15(10-17)11-18/h4-7,13,15,18H,8-11H2,1-3H3. The van der Waals surface area contributed by atoms with Gasteiger partial charge in [-0.25, -0.2) is 0 Å². The van der Waals surface area contributed by atoms with E-state index in [0.29, 0.717) is 5.92 Å². The zero-order valence-electron chi connectivity index (χ0n) is 11.6. The van der Waals surface area contributed by atoms with Crippen LogP contribution in [0.4, 0.5) is 5.69 Å². The second-order valence-corrected chi connectivity index (χ2v) is 5.63. The van der Waals surface area contributed by atoms with Crippen molar-refractivity contribution in [1.29, 1.82) is 0 Å². The van der Waals surface area contributed by atoms with Gasteiger partial charge in [0.25, 0.3) is 0 Å². The van der Waals surface area contributed by atoms with Gasteiger partial charge < -0.3 is 10.0 Å². The van der Waals surface area contributed by atoms with Crippen molar-refractivity contribution < 1.29 is 5.11 Å². The summed E-state index contributed by atoms with van der Waals surface area (Å²) in [4.78, 5) is 4.68. The third kappa shape index (κ3) is 3.03. The highest BCUT2D eigenvalue weighted by Crippen LogP contribution is 2.21. The molecule has 1 saturated heterocycles. The molecule has 2 unspecified atom stereocenters. The number of rotatable bonds is 2. The van der Waals surface area contributed by atoms with Crippen molar-refractivity contribution in [3.05, 3.63) is 29.8 Å². The zero-order valence-corrected chi connectivity index (χ0v) is 11.6. The van der Waals surface area contributed by atoms with Crippen LogP contribution in [0.15, 0.2) is 24.3 Å². The van der Waals surface area contributed by atoms with Crippen LogP contribution in [0.1, 0.15) is 12.5 Å². The first-order chi connectivity index (χ1) is 8.60. The summed E-state index contributed by atoms with van der Waals surface area (Å²) in [6.07, 6.45) is 0. The summed E-state index contributed by atoms with van der Waals surface area (Å²) in [6.45, 7) is 7.64. The van der Waals surface area contributed by atoms with E-state index < -0.39 is 0 Å². The van der Waals surface area contributed by atoms with Crippen molar-refractivity contribution in [2.45, 2.75) is 19.9 Å². The number of likely N-dealkylation sites (N-methyl/N-ethyl adjacent to an activating group) is 1. The van der Waals surface area contributed by atoms with Crippen LogP contribution in [-0.2, 0) is 0 Å². The molecule has 100 valence electrons. The minimum Gasteiger partial charge on any atom is -0.395 e. The molecule has 0 aliphatic carbocycles. The number of hydrogen-bond donors (Lipinski definition) is 1. The largest absolute Gasteiger partial charge is 0.395 e. The number of aliphatic hydroxyl groups is 1. The third-order valence-corrected chi connectivity index (χ3v) is 3.76. The van der Waals surface area contributed by atoms with Gasteiger partial charge in [-0.1, -0.05) is 19.1 Å². The van der Waals surface area contributed by atoms with E-state index in [-0.39, 0.29) is 12.6 Å². The Morgan fingerprint density at radius 2 is 2.06 bits per heavy atom. The predicted octanol–water partition coefficient (Wildman–Crippen LogP) is 1.74. The molecule has 1 heterocycles. The molecule has 2 rings (SSSR count). The van der Waals surface area contributed by atoms with Crippen molar-refractivity contribution >= 4 is 5.69 Å². The number of nitrogens with zero attached hydrogens (tertiary/aromatic N) is 2. The molecule has 0 bridgehead atoms. The highest BCUT2D eigenvalue weighted by molar-refractivity contribution is 5.48. The van der Waals surface area contributed by atoms with Crippen molar-refractivity contribution in [2.75, 3.05) is 38.2 Å². The van der Waals surface area contributed by atoms with Gasteiger partial charge in [0, 0.05) is 31.4 Å². The molecule has 0 amide bonds. The van der Waals surface area contributed by atoms with Crippen LogP contribution in [0.25, 0.3) is 0 Å². The Labute approximate surface area is 110 Å². The van der Waals surface area contributed by atoms with E-state index in [1.807, 2.05) is 0 Å². The second kappa shape index (κ2) is 5.72. The van der Waals surface area contributed by atoms with Crippen molar-refractivity contribution in [2.24, 2.45) is 5.92 Å². The fraction of sp³-hybridized carbons (Fsp3) is 0.600. The summed E-state index contributed by atoms with van der Waals surface area (Å²) in [7, 11) is 2.11. The molecular formula is C15H24N2O. The summed E-state index contributed by atoms with van der Waals surface area (Å²) in [5.41, 5.74) is 2.56. The van der Waals surface area contributed by atoms with Gasteiger partial charge in [-0.3, -0.25) is 4.90 Å². The van der Waals surface area contributed by atoms with Crippen LogP contribution in [-0.4, -0.2) is 49.3 Å². The minimum atomic E-state index is 0.228. The van der Waals surface area contributed by atoms with Crippen molar-refractivity contribution in [3.8, 4) is 0 Å². The Hall–Kier alpha value is -1.06. The lowest BCUT2D eigenvalue weighted by Crippen LogP contribution is -2.41. The maximum absolute atomic E-state index is 9.52. The Bertz CT molecular complexity index is 394. The van der Waals surface area contributed by atoms with E-state index in [2.05, 4.69) is 55.0 Å². The second-order valence-electron chi connectivity index (χ2n) is 5.63. The molecule has 0 spiro atoms. The normalized spacial score (nSPS) is 26.1. The number of hydrogen-bond acceptors (Lipinski definition) is 3.